The largest absolute Gasteiger partial charge is 0.466 e. The maximum atomic E-state index is 11.7. The molecule has 1 aromatic carbocycles. The molecule has 3 nitrogen and oxygen atoms in total. The van der Waals surface area contributed by atoms with Gasteiger partial charge in [0.25, 0.3) is 0 Å². The highest BCUT2D eigenvalue weighted by Crippen LogP contribution is 2.28. The summed E-state index contributed by atoms with van der Waals surface area (Å²) in [5, 5.41) is 3.24. The monoisotopic (exact) mass is 249 g/mol. The van der Waals surface area contributed by atoms with Gasteiger partial charge in [-0.3, -0.25) is 4.79 Å². The van der Waals surface area contributed by atoms with Gasteiger partial charge in [0.05, 0.1) is 18.6 Å². The molecule has 0 saturated heterocycles. The van der Waals surface area contributed by atoms with Gasteiger partial charge in [-0.05, 0) is 45.9 Å². The molecule has 0 radical (unpaired) electrons. The molecule has 0 fully saturated rings. The third-order valence-electron chi connectivity index (χ3n) is 3.33. The highest BCUT2D eigenvalue weighted by atomic mass is 16.5. The Morgan fingerprint density at radius 3 is 2.56 bits per heavy atom. The Kier molecular flexibility index (Phi) is 4.91. The van der Waals surface area contributed by atoms with Crippen LogP contribution in [-0.4, -0.2) is 19.6 Å². The molecule has 0 spiro atoms. The van der Waals surface area contributed by atoms with Crippen LogP contribution >= 0.6 is 0 Å². The summed E-state index contributed by atoms with van der Waals surface area (Å²) in [6, 6.07) is 6.29. The Morgan fingerprint density at radius 2 is 2.06 bits per heavy atom. The molecule has 1 unspecified atom stereocenters. The fourth-order valence-corrected chi connectivity index (χ4v) is 2.25. The maximum absolute atomic E-state index is 11.7. The summed E-state index contributed by atoms with van der Waals surface area (Å²) in [5.41, 5.74) is 3.18. The number of esters is 1. The second-order valence-electron chi connectivity index (χ2n) is 4.88. The lowest BCUT2D eigenvalue weighted by Crippen LogP contribution is -2.40. The lowest BCUT2D eigenvalue weighted by atomic mass is 9.85. The number of aryl methyl sites for hydroxylation is 2. The number of nitrogens with one attached hydrogen (secondary N) is 1. The van der Waals surface area contributed by atoms with Gasteiger partial charge in [-0.15, -0.1) is 0 Å². The molecule has 0 heterocycles. The zero-order valence-corrected chi connectivity index (χ0v) is 12.0. The minimum atomic E-state index is -0.385. The molecule has 1 atom stereocenters. The Morgan fingerprint density at radius 1 is 1.39 bits per heavy atom. The third-order valence-corrected chi connectivity index (χ3v) is 3.33. The lowest BCUT2D eigenvalue weighted by molar-refractivity contribution is -0.144. The molecule has 1 rings (SSSR count). The molecule has 1 aromatic rings. The average Bonchev–Trinajstić information content (AvgIpc) is 2.28. The van der Waals surface area contributed by atoms with Crippen molar-refractivity contribution in [2.24, 2.45) is 0 Å². The number of benzene rings is 1. The predicted molar refractivity (Wildman–Crippen MR) is 73.6 cm³/mol. The molecular weight excluding hydrogens is 226 g/mol. The molecule has 0 aromatic heterocycles. The summed E-state index contributed by atoms with van der Waals surface area (Å²) in [6.07, 6.45) is 0.335. The van der Waals surface area contributed by atoms with E-state index in [9.17, 15) is 4.79 Å². The summed E-state index contributed by atoms with van der Waals surface area (Å²) < 4.78 is 5.05. The second-order valence-corrected chi connectivity index (χ2v) is 4.88. The Labute approximate surface area is 110 Å². The van der Waals surface area contributed by atoms with Gasteiger partial charge < -0.3 is 10.1 Å². The quantitative estimate of drug-likeness (QED) is 0.815. The first kappa shape index (κ1) is 14.7. The number of carbonyl (C=O) groups is 1. The lowest BCUT2D eigenvalue weighted by Gasteiger charge is -2.30. The Hall–Kier alpha value is -1.35. The third kappa shape index (κ3) is 3.33. The van der Waals surface area contributed by atoms with Crippen LogP contribution in [0.3, 0.4) is 0 Å². The molecule has 100 valence electrons. The van der Waals surface area contributed by atoms with E-state index in [1.54, 1.807) is 0 Å². The van der Waals surface area contributed by atoms with Crippen LogP contribution in [0, 0.1) is 13.8 Å². The van der Waals surface area contributed by atoms with Crippen LogP contribution in [0.1, 0.15) is 37.0 Å². The van der Waals surface area contributed by atoms with Gasteiger partial charge in [-0.1, -0.05) is 23.8 Å². The molecule has 0 bridgehead atoms. The smallest absolute Gasteiger partial charge is 0.307 e. The first-order chi connectivity index (χ1) is 8.42. The van der Waals surface area contributed by atoms with Crippen LogP contribution in [0.5, 0.6) is 0 Å². The van der Waals surface area contributed by atoms with Crippen molar-refractivity contribution in [3.63, 3.8) is 0 Å². The fraction of sp³-hybridized carbons (Fsp3) is 0.533. The standard InChI is InChI=1S/C15H23NO2/c1-6-18-14(17)10-15(4,16-5)13-8-7-11(2)9-12(13)3/h7-9,16H,6,10H2,1-5H3. The Balaban J connectivity index is 3.02. The van der Waals surface area contributed by atoms with Crippen molar-refractivity contribution in [1.82, 2.24) is 5.32 Å². The molecule has 0 saturated carbocycles. The van der Waals surface area contributed by atoms with Crippen LogP contribution in [0.25, 0.3) is 0 Å². The van der Waals surface area contributed by atoms with Crippen molar-refractivity contribution in [2.75, 3.05) is 13.7 Å². The van der Waals surface area contributed by atoms with Crippen molar-refractivity contribution in [3.8, 4) is 0 Å². The van der Waals surface area contributed by atoms with E-state index in [1.165, 1.54) is 11.1 Å². The number of hydrogen-bond acceptors (Lipinski definition) is 3. The second kappa shape index (κ2) is 6.01. The minimum Gasteiger partial charge on any atom is -0.466 e. The van der Waals surface area contributed by atoms with Crippen LogP contribution in [0.15, 0.2) is 18.2 Å². The van der Waals surface area contributed by atoms with Crippen LogP contribution in [0.4, 0.5) is 0 Å². The highest BCUT2D eigenvalue weighted by molar-refractivity contribution is 5.71. The van der Waals surface area contributed by atoms with Crippen molar-refractivity contribution in [3.05, 3.63) is 34.9 Å². The molecule has 0 amide bonds. The number of carbonyl (C=O) groups excluding carboxylic acids is 1. The number of rotatable bonds is 5. The van der Waals surface area contributed by atoms with E-state index in [0.717, 1.165) is 5.56 Å². The van der Waals surface area contributed by atoms with Crippen LogP contribution in [-0.2, 0) is 15.1 Å². The molecule has 1 N–H and O–H groups in total. The highest BCUT2D eigenvalue weighted by Gasteiger charge is 2.29. The molecule has 0 aliphatic rings. The van der Waals surface area contributed by atoms with Crippen molar-refractivity contribution in [1.29, 1.82) is 0 Å². The average molecular weight is 249 g/mol. The van der Waals surface area contributed by atoms with E-state index in [2.05, 4.69) is 37.4 Å². The summed E-state index contributed by atoms with van der Waals surface area (Å²) in [7, 11) is 1.87. The Bertz CT molecular complexity index is 429. The minimum absolute atomic E-state index is 0.172. The van der Waals surface area contributed by atoms with E-state index in [1.807, 2.05) is 20.9 Å². The van der Waals surface area contributed by atoms with Crippen molar-refractivity contribution in [2.45, 2.75) is 39.7 Å². The summed E-state index contributed by atoms with van der Waals surface area (Å²) in [6.45, 7) is 8.42. The van der Waals surface area contributed by atoms with Crippen molar-refractivity contribution < 1.29 is 9.53 Å². The maximum Gasteiger partial charge on any atom is 0.307 e. The van der Waals surface area contributed by atoms with Gasteiger partial charge in [0.15, 0.2) is 0 Å². The van der Waals surface area contributed by atoms with E-state index < -0.39 is 0 Å². The van der Waals surface area contributed by atoms with Gasteiger partial charge in [-0.25, -0.2) is 0 Å². The zero-order valence-electron chi connectivity index (χ0n) is 12.0. The molecule has 3 heteroatoms. The zero-order chi connectivity index (χ0) is 13.8. The van der Waals surface area contributed by atoms with Gasteiger partial charge >= 0.3 is 5.97 Å². The van der Waals surface area contributed by atoms with Gasteiger partial charge in [0.1, 0.15) is 0 Å². The predicted octanol–water partition coefficient (Wildman–Crippen LogP) is 2.69. The summed E-state index contributed by atoms with van der Waals surface area (Å²) in [4.78, 5) is 11.7. The topological polar surface area (TPSA) is 38.3 Å². The SMILES string of the molecule is CCOC(=O)CC(C)(NC)c1ccc(C)cc1C. The normalized spacial score (nSPS) is 14.1. The van der Waals surface area contributed by atoms with E-state index in [4.69, 9.17) is 4.74 Å². The first-order valence-electron chi connectivity index (χ1n) is 6.35. The molecular formula is C15H23NO2. The van der Waals surface area contributed by atoms with Gasteiger partial charge in [0, 0.05) is 0 Å². The fourth-order valence-electron chi connectivity index (χ4n) is 2.25. The molecule has 0 aliphatic carbocycles. The number of hydrogen-bond donors (Lipinski definition) is 1. The van der Waals surface area contributed by atoms with E-state index >= 15 is 0 Å². The first-order valence-corrected chi connectivity index (χ1v) is 6.35. The number of ether oxygens (including phenoxy) is 1. The van der Waals surface area contributed by atoms with Gasteiger partial charge in [-0.2, -0.15) is 0 Å². The summed E-state index contributed by atoms with van der Waals surface area (Å²) in [5.74, 6) is -0.172. The van der Waals surface area contributed by atoms with Crippen LogP contribution in [0.2, 0.25) is 0 Å². The van der Waals surface area contributed by atoms with Crippen LogP contribution < -0.4 is 5.32 Å². The van der Waals surface area contributed by atoms with E-state index in [-0.39, 0.29) is 11.5 Å². The molecule has 0 aliphatic heterocycles. The summed E-state index contributed by atoms with van der Waals surface area (Å²) >= 11 is 0. The van der Waals surface area contributed by atoms with E-state index in [0.29, 0.717) is 13.0 Å². The van der Waals surface area contributed by atoms with Gasteiger partial charge in [0.2, 0.25) is 0 Å². The molecule has 18 heavy (non-hydrogen) atoms. The van der Waals surface area contributed by atoms with Crippen molar-refractivity contribution >= 4 is 5.97 Å².